The molecule has 2 unspecified atom stereocenters. The molecule has 1 aromatic rings. The van der Waals surface area contributed by atoms with Crippen molar-refractivity contribution < 1.29 is 4.74 Å². The summed E-state index contributed by atoms with van der Waals surface area (Å²) in [5.74, 6) is 0.720. The zero-order valence-electron chi connectivity index (χ0n) is 10.3. The molecular formula is C12H21N3O. The number of rotatable bonds is 6. The van der Waals surface area contributed by atoms with E-state index in [1.54, 1.807) is 0 Å². The average molecular weight is 223 g/mol. The highest BCUT2D eigenvalue weighted by molar-refractivity contribution is 5.14. The molecule has 0 aliphatic heterocycles. The first kappa shape index (κ1) is 11.6. The minimum atomic E-state index is 0.265. The standard InChI is InChI=1S/C12H21N3O/c1-4-16-12(9-5-6-9)11(13-2)10-7-14-15(3)8-10/h7-9,11-13H,4-6H2,1-3H3. The largest absolute Gasteiger partial charge is 0.376 e. The van der Waals surface area contributed by atoms with Crippen LogP contribution in [0, 0.1) is 5.92 Å². The molecule has 0 aromatic carbocycles. The summed E-state index contributed by atoms with van der Waals surface area (Å²) in [6, 6.07) is 0.265. The molecule has 1 fully saturated rings. The number of hydrogen-bond donors (Lipinski definition) is 1. The van der Waals surface area contributed by atoms with Gasteiger partial charge in [0.05, 0.1) is 18.3 Å². The number of aryl methyl sites for hydroxylation is 1. The van der Waals surface area contributed by atoms with E-state index < -0.39 is 0 Å². The van der Waals surface area contributed by atoms with Gasteiger partial charge in [0.15, 0.2) is 0 Å². The Balaban J connectivity index is 2.12. The van der Waals surface area contributed by atoms with Gasteiger partial charge < -0.3 is 10.1 Å². The molecule has 1 aliphatic rings. The van der Waals surface area contributed by atoms with Crippen LogP contribution in [0.25, 0.3) is 0 Å². The van der Waals surface area contributed by atoms with Crippen LogP contribution in [0.3, 0.4) is 0 Å². The molecule has 2 rings (SSSR count). The van der Waals surface area contributed by atoms with Gasteiger partial charge >= 0.3 is 0 Å². The Labute approximate surface area is 97.0 Å². The highest BCUT2D eigenvalue weighted by atomic mass is 16.5. The lowest BCUT2D eigenvalue weighted by molar-refractivity contribution is 0.0204. The normalized spacial score (nSPS) is 19.7. The lowest BCUT2D eigenvalue weighted by Crippen LogP contribution is -2.33. The summed E-state index contributed by atoms with van der Waals surface area (Å²) in [5, 5.41) is 7.59. The maximum atomic E-state index is 5.88. The van der Waals surface area contributed by atoms with Gasteiger partial charge in [-0.05, 0) is 32.7 Å². The van der Waals surface area contributed by atoms with Crippen molar-refractivity contribution in [1.82, 2.24) is 15.1 Å². The van der Waals surface area contributed by atoms with Gasteiger partial charge in [-0.2, -0.15) is 5.10 Å². The van der Waals surface area contributed by atoms with Gasteiger partial charge in [-0.15, -0.1) is 0 Å². The van der Waals surface area contributed by atoms with Crippen molar-refractivity contribution in [3.05, 3.63) is 18.0 Å². The van der Waals surface area contributed by atoms with Crippen LogP contribution < -0.4 is 5.32 Å². The summed E-state index contributed by atoms with van der Waals surface area (Å²) in [5.41, 5.74) is 1.22. The topological polar surface area (TPSA) is 39.1 Å². The maximum absolute atomic E-state index is 5.88. The van der Waals surface area contributed by atoms with Crippen LogP contribution in [0.1, 0.15) is 31.4 Å². The van der Waals surface area contributed by atoms with Crippen LogP contribution in [-0.2, 0) is 11.8 Å². The summed E-state index contributed by atoms with van der Waals surface area (Å²) in [4.78, 5) is 0. The van der Waals surface area contributed by atoms with Gasteiger partial charge in [-0.1, -0.05) is 0 Å². The van der Waals surface area contributed by atoms with Gasteiger partial charge in [-0.3, -0.25) is 4.68 Å². The first-order valence-electron chi connectivity index (χ1n) is 6.03. The van der Waals surface area contributed by atoms with Crippen LogP contribution in [0.2, 0.25) is 0 Å². The van der Waals surface area contributed by atoms with Crippen LogP contribution in [0.4, 0.5) is 0 Å². The zero-order valence-corrected chi connectivity index (χ0v) is 10.3. The fourth-order valence-corrected chi connectivity index (χ4v) is 2.24. The molecule has 4 nitrogen and oxygen atoms in total. The minimum Gasteiger partial charge on any atom is -0.376 e. The third kappa shape index (κ3) is 2.44. The van der Waals surface area contributed by atoms with Crippen molar-refractivity contribution in [1.29, 1.82) is 0 Å². The Bertz CT molecular complexity index is 333. The number of likely N-dealkylation sites (N-methyl/N-ethyl adjacent to an activating group) is 1. The molecule has 0 bridgehead atoms. The van der Waals surface area contributed by atoms with Crippen LogP contribution in [0.15, 0.2) is 12.4 Å². The van der Waals surface area contributed by atoms with Crippen molar-refractivity contribution in [2.45, 2.75) is 31.9 Å². The van der Waals surface area contributed by atoms with E-state index in [0.29, 0.717) is 6.10 Å². The third-order valence-corrected chi connectivity index (χ3v) is 3.17. The highest BCUT2D eigenvalue weighted by Crippen LogP contribution is 2.39. The molecule has 2 atom stereocenters. The Hall–Kier alpha value is -0.870. The van der Waals surface area contributed by atoms with Gasteiger partial charge in [0.1, 0.15) is 0 Å². The molecule has 0 amide bonds. The maximum Gasteiger partial charge on any atom is 0.0798 e. The molecule has 1 aliphatic carbocycles. The molecule has 0 spiro atoms. The predicted octanol–water partition coefficient (Wildman–Crippen LogP) is 1.50. The van der Waals surface area contributed by atoms with Crippen molar-refractivity contribution in [2.24, 2.45) is 13.0 Å². The van der Waals surface area contributed by atoms with E-state index in [9.17, 15) is 0 Å². The molecule has 90 valence electrons. The van der Waals surface area contributed by atoms with E-state index in [-0.39, 0.29) is 6.04 Å². The van der Waals surface area contributed by atoms with E-state index in [0.717, 1.165) is 12.5 Å². The monoisotopic (exact) mass is 223 g/mol. The second kappa shape index (κ2) is 4.97. The van der Waals surface area contributed by atoms with Crippen LogP contribution in [0.5, 0.6) is 0 Å². The summed E-state index contributed by atoms with van der Waals surface area (Å²) in [7, 11) is 3.94. The Morgan fingerprint density at radius 2 is 2.38 bits per heavy atom. The first-order valence-corrected chi connectivity index (χ1v) is 6.03. The second-order valence-corrected chi connectivity index (χ2v) is 4.47. The predicted molar refractivity (Wildman–Crippen MR) is 63.1 cm³/mol. The highest BCUT2D eigenvalue weighted by Gasteiger charge is 2.37. The molecule has 1 N–H and O–H groups in total. The van der Waals surface area contributed by atoms with Crippen LogP contribution >= 0.6 is 0 Å². The third-order valence-electron chi connectivity index (χ3n) is 3.17. The summed E-state index contributed by atoms with van der Waals surface area (Å²) >= 11 is 0. The molecular weight excluding hydrogens is 202 g/mol. The Morgan fingerprint density at radius 3 is 2.81 bits per heavy atom. The number of nitrogens with one attached hydrogen (secondary N) is 1. The van der Waals surface area contributed by atoms with Gasteiger partial charge in [-0.25, -0.2) is 0 Å². The smallest absolute Gasteiger partial charge is 0.0798 e. The van der Waals surface area contributed by atoms with Crippen LogP contribution in [-0.4, -0.2) is 29.5 Å². The lowest BCUT2D eigenvalue weighted by Gasteiger charge is -2.25. The minimum absolute atomic E-state index is 0.265. The van der Waals surface area contributed by atoms with E-state index in [1.165, 1.54) is 18.4 Å². The molecule has 0 saturated heterocycles. The molecule has 0 radical (unpaired) electrons. The van der Waals surface area contributed by atoms with Gasteiger partial charge in [0, 0.05) is 25.4 Å². The fourth-order valence-electron chi connectivity index (χ4n) is 2.24. The SMILES string of the molecule is CCOC(C1CC1)C(NC)c1cnn(C)c1. The van der Waals surface area contributed by atoms with E-state index >= 15 is 0 Å². The van der Waals surface area contributed by atoms with E-state index in [2.05, 4.69) is 23.5 Å². The number of hydrogen-bond acceptors (Lipinski definition) is 3. The van der Waals surface area contributed by atoms with Crippen molar-refractivity contribution in [2.75, 3.05) is 13.7 Å². The molecule has 4 heteroatoms. The Kier molecular flexibility index (Phi) is 3.61. The lowest BCUT2D eigenvalue weighted by atomic mass is 10.0. The van der Waals surface area contributed by atoms with Gasteiger partial charge in [0.25, 0.3) is 0 Å². The molecule has 1 heterocycles. The van der Waals surface area contributed by atoms with Crippen molar-refractivity contribution in [3.8, 4) is 0 Å². The summed E-state index contributed by atoms with van der Waals surface area (Å²) < 4.78 is 7.73. The first-order chi connectivity index (χ1) is 7.76. The quantitative estimate of drug-likeness (QED) is 0.794. The molecule has 1 aromatic heterocycles. The van der Waals surface area contributed by atoms with Gasteiger partial charge in [0.2, 0.25) is 0 Å². The Morgan fingerprint density at radius 1 is 1.62 bits per heavy atom. The molecule has 16 heavy (non-hydrogen) atoms. The van der Waals surface area contributed by atoms with E-state index in [1.807, 2.05) is 25.0 Å². The number of ether oxygens (including phenoxy) is 1. The second-order valence-electron chi connectivity index (χ2n) is 4.47. The zero-order chi connectivity index (χ0) is 11.5. The molecule has 1 saturated carbocycles. The summed E-state index contributed by atoms with van der Waals surface area (Å²) in [6.07, 6.45) is 6.87. The summed E-state index contributed by atoms with van der Waals surface area (Å²) in [6.45, 7) is 2.84. The average Bonchev–Trinajstić information content (AvgIpc) is 3.02. The van der Waals surface area contributed by atoms with Crippen molar-refractivity contribution >= 4 is 0 Å². The number of aromatic nitrogens is 2. The van der Waals surface area contributed by atoms with E-state index in [4.69, 9.17) is 4.74 Å². The van der Waals surface area contributed by atoms with Crippen molar-refractivity contribution in [3.63, 3.8) is 0 Å². The number of nitrogens with zero attached hydrogens (tertiary/aromatic N) is 2. The fraction of sp³-hybridized carbons (Fsp3) is 0.750.